The van der Waals surface area contributed by atoms with Crippen LogP contribution in [0.15, 0.2) is 47.8 Å². The zero-order valence-corrected chi connectivity index (χ0v) is 15.3. The summed E-state index contributed by atoms with van der Waals surface area (Å²) in [7, 11) is 0. The molecule has 1 aliphatic rings. The third-order valence-electron chi connectivity index (χ3n) is 4.47. The van der Waals surface area contributed by atoms with E-state index in [9.17, 15) is 4.79 Å². The van der Waals surface area contributed by atoms with Gasteiger partial charge in [0.05, 0.1) is 25.3 Å². The number of nitrogens with zero attached hydrogens (tertiary/aromatic N) is 2. The van der Waals surface area contributed by atoms with Gasteiger partial charge in [0.15, 0.2) is 5.13 Å². The highest BCUT2D eigenvalue weighted by molar-refractivity contribution is 7.13. The molecule has 2 heterocycles. The first-order valence-corrected chi connectivity index (χ1v) is 9.66. The van der Waals surface area contributed by atoms with Crippen molar-refractivity contribution in [3.05, 3.63) is 59.1 Å². The Morgan fingerprint density at radius 2 is 1.96 bits per heavy atom. The van der Waals surface area contributed by atoms with E-state index in [-0.39, 0.29) is 5.91 Å². The summed E-state index contributed by atoms with van der Waals surface area (Å²) >= 11 is 1.48. The minimum Gasteiger partial charge on any atom is -0.379 e. The van der Waals surface area contributed by atoms with Crippen LogP contribution in [0.3, 0.4) is 0 Å². The van der Waals surface area contributed by atoms with Crippen LogP contribution < -0.4 is 5.32 Å². The molecule has 134 valence electrons. The van der Waals surface area contributed by atoms with E-state index in [2.05, 4.69) is 39.5 Å². The van der Waals surface area contributed by atoms with Gasteiger partial charge in [0.2, 0.25) is 5.91 Å². The molecule has 0 spiro atoms. The minimum atomic E-state index is -0.0347. The van der Waals surface area contributed by atoms with Gasteiger partial charge in [-0.3, -0.25) is 9.69 Å². The molecule has 1 N–H and O–H groups in total. The zero-order valence-electron chi connectivity index (χ0n) is 14.5. The Bertz CT molecular complexity index is 903. The van der Waals surface area contributed by atoms with E-state index in [4.69, 9.17) is 4.74 Å². The number of morpholine rings is 1. The van der Waals surface area contributed by atoms with Gasteiger partial charge in [-0.05, 0) is 16.3 Å². The fraction of sp³-hybridized carbons (Fsp3) is 0.300. The number of ether oxygens (including phenoxy) is 1. The van der Waals surface area contributed by atoms with E-state index in [1.807, 2.05) is 23.6 Å². The van der Waals surface area contributed by atoms with Crippen LogP contribution in [0.25, 0.3) is 10.8 Å². The summed E-state index contributed by atoms with van der Waals surface area (Å²) in [5, 5.41) is 7.94. The number of amides is 1. The molecule has 4 rings (SSSR count). The predicted molar refractivity (Wildman–Crippen MR) is 104 cm³/mol. The predicted octanol–water partition coefficient (Wildman–Crippen LogP) is 3.31. The fourth-order valence-electron chi connectivity index (χ4n) is 3.12. The van der Waals surface area contributed by atoms with Crippen LogP contribution in [0.1, 0.15) is 11.3 Å². The second kappa shape index (κ2) is 7.95. The third kappa shape index (κ3) is 4.27. The quantitative estimate of drug-likeness (QED) is 0.752. The van der Waals surface area contributed by atoms with E-state index in [0.29, 0.717) is 11.6 Å². The molecule has 0 saturated carbocycles. The average Bonchev–Trinajstić information content (AvgIpc) is 3.09. The van der Waals surface area contributed by atoms with Gasteiger partial charge in [-0.2, -0.15) is 0 Å². The second-order valence-corrected chi connectivity index (χ2v) is 7.30. The number of hydrogen-bond acceptors (Lipinski definition) is 5. The number of benzene rings is 2. The molecule has 3 aromatic rings. The molecule has 26 heavy (non-hydrogen) atoms. The first-order valence-electron chi connectivity index (χ1n) is 8.78. The van der Waals surface area contributed by atoms with Gasteiger partial charge in [-0.1, -0.05) is 42.5 Å². The molecule has 1 amide bonds. The van der Waals surface area contributed by atoms with Crippen molar-refractivity contribution < 1.29 is 9.53 Å². The Balaban J connectivity index is 1.35. The Hall–Kier alpha value is -2.28. The molecule has 6 heteroatoms. The van der Waals surface area contributed by atoms with Crippen LogP contribution in [0.2, 0.25) is 0 Å². The van der Waals surface area contributed by atoms with E-state index < -0.39 is 0 Å². The summed E-state index contributed by atoms with van der Waals surface area (Å²) in [6, 6.07) is 14.3. The number of thiazole rings is 1. The van der Waals surface area contributed by atoms with Crippen molar-refractivity contribution in [1.82, 2.24) is 9.88 Å². The molecule has 1 fully saturated rings. The molecule has 5 nitrogen and oxygen atoms in total. The highest BCUT2D eigenvalue weighted by Gasteiger charge is 2.13. The fourth-order valence-corrected chi connectivity index (χ4v) is 3.84. The molecule has 0 atom stereocenters. The van der Waals surface area contributed by atoms with Crippen molar-refractivity contribution in [2.75, 3.05) is 31.6 Å². The summed E-state index contributed by atoms with van der Waals surface area (Å²) < 4.78 is 5.36. The molecular weight excluding hydrogens is 346 g/mol. The van der Waals surface area contributed by atoms with Crippen molar-refractivity contribution in [3.63, 3.8) is 0 Å². The number of aromatic nitrogens is 1. The van der Waals surface area contributed by atoms with Gasteiger partial charge in [0, 0.05) is 25.0 Å². The Kier molecular flexibility index (Phi) is 5.24. The highest BCUT2D eigenvalue weighted by atomic mass is 32.1. The smallest absolute Gasteiger partial charge is 0.230 e. The van der Waals surface area contributed by atoms with Crippen LogP contribution in [0, 0.1) is 0 Å². The first-order chi connectivity index (χ1) is 12.8. The first kappa shape index (κ1) is 17.1. The molecule has 1 saturated heterocycles. The molecule has 0 radical (unpaired) electrons. The third-order valence-corrected chi connectivity index (χ3v) is 5.27. The monoisotopic (exact) mass is 367 g/mol. The Labute approximate surface area is 156 Å². The number of hydrogen-bond donors (Lipinski definition) is 1. The van der Waals surface area contributed by atoms with Crippen molar-refractivity contribution in [1.29, 1.82) is 0 Å². The standard InChI is InChI=1S/C20H21N3O2S/c24-19(12-15-5-6-16-3-1-2-4-17(16)11-15)22-20-21-18(14-26-20)13-23-7-9-25-10-8-23/h1-6,11,14H,7-10,12-13H2,(H,21,22,24). The van der Waals surface area contributed by atoms with Crippen molar-refractivity contribution in [2.24, 2.45) is 0 Å². The second-order valence-electron chi connectivity index (χ2n) is 6.44. The largest absolute Gasteiger partial charge is 0.379 e. The van der Waals surface area contributed by atoms with Crippen LogP contribution in [-0.2, 0) is 22.5 Å². The van der Waals surface area contributed by atoms with Gasteiger partial charge in [-0.15, -0.1) is 11.3 Å². The van der Waals surface area contributed by atoms with Crippen molar-refractivity contribution in [2.45, 2.75) is 13.0 Å². The van der Waals surface area contributed by atoms with Gasteiger partial charge in [-0.25, -0.2) is 4.98 Å². The average molecular weight is 367 g/mol. The molecule has 1 aromatic heterocycles. The Morgan fingerprint density at radius 3 is 2.81 bits per heavy atom. The lowest BCUT2D eigenvalue weighted by atomic mass is 10.1. The maximum atomic E-state index is 12.3. The van der Waals surface area contributed by atoms with Gasteiger partial charge >= 0.3 is 0 Å². The number of carbonyl (C=O) groups is 1. The number of carbonyl (C=O) groups excluding carboxylic acids is 1. The molecule has 2 aromatic carbocycles. The maximum absolute atomic E-state index is 12.3. The molecule has 0 unspecified atom stereocenters. The van der Waals surface area contributed by atoms with E-state index in [1.165, 1.54) is 16.7 Å². The van der Waals surface area contributed by atoms with Gasteiger partial charge < -0.3 is 10.1 Å². The van der Waals surface area contributed by atoms with Crippen LogP contribution in [-0.4, -0.2) is 42.1 Å². The van der Waals surface area contributed by atoms with Crippen LogP contribution >= 0.6 is 11.3 Å². The minimum absolute atomic E-state index is 0.0347. The highest BCUT2D eigenvalue weighted by Crippen LogP contribution is 2.19. The Morgan fingerprint density at radius 1 is 1.15 bits per heavy atom. The van der Waals surface area contributed by atoms with Gasteiger partial charge in [0.25, 0.3) is 0 Å². The summed E-state index contributed by atoms with van der Waals surface area (Å²) in [5.41, 5.74) is 2.00. The SMILES string of the molecule is O=C(Cc1ccc2ccccc2c1)Nc1nc(CN2CCOCC2)cs1. The summed E-state index contributed by atoms with van der Waals surface area (Å²) in [6.45, 7) is 4.22. The number of fused-ring (bicyclic) bond motifs is 1. The van der Waals surface area contributed by atoms with Gasteiger partial charge in [0.1, 0.15) is 0 Å². The zero-order chi connectivity index (χ0) is 17.8. The van der Waals surface area contributed by atoms with Crippen LogP contribution in [0.5, 0.6) is 0 Å². The van der Waals surface area contributed by atoms with E-state index >= 15 is 0 Å². The lowest BCUT2D eigenvalue weighted by Gasteiger charge is -2.25. The molecule has 0 aliphatic carbocycles. The molecular formula is C20H21N3O2S. The van der Waals surface area contributed by atoms with Crippen molar-refractivity contribution in [3.8, 4) is 0 Å². The van der Waals surface area contributed by atoms with Crippen molar-refractivity contribution >= 4 is 33.1 Å². The molecule has 0 bridgehead atoms. The number of nitrogens with one attached hydrogen (secondary N) is 1. The summed E-state index contributed by atoms with van der Waals surface area (Å²) in [6.07, 6.45) is 0.350. The van der Waals surface area contributed by atoms with E-state index in [1.54, 1.807) is 0 Å². The summed E-state index contributed by atoms with van der Waals surface area (Å²) in [5.74, 6) is -0.0347. The lowest BCUT2D eigenvalue weighted by Crippen LogP contribution is -2.35. The lowest BCUT2D eigenvalue weighted by molar-refractivity contribution is -0.115. The molecule has 1 aliphatic heterocycles. The van der Waals surface area contributed by atoms with Crippen LogP contribution in [0.4, 0.5) is 5.13 Å². The maximum Gasteiger partial charge on any atom is 0.230 e. The normalized spacial score (nSPS) is 15.2. The van der Waals surface area contributed by atoms with E-state index in [0.717, 1.165) is 49.5 Å². The topological polar surface area (TPSA) is 54.5 Å². The number of rotatable bonds is 5. The summed E-state index contributed by atoms with van der Waals surface area (Å²) in [4.78, 5) is 19.2. The number of anilines is 1.